The Balaban J connectivity index is 1.95. The molecule has 3 aromatic rings. The molecule has 2 aromatic heterocycles. The van der Waals surface area contributed by atoms with Crippen LogP contribution in [0, 0.1) is 0 Å². The van der Waals surface area contributed by atoms with Crippen LogP contribution in [0.15, 0.2) is 36.7 Å². The van der Waals surface area contributed by atoms with Gasteiger partial charge in [-0.15, -0.1) is 0 Å². The number of halogens is 1. The molecule has 0 aliphatic heterocycles. The van der Waals surface area contributed by atoms with Crippen molar-refractivity contribution in [3.05, 3.63) is 52.9 Å². The third-order valence-corrected chi connectivity index (χ3v) is 4.11. The van der Waals surface area contributed by atoms with Crippen LogP contribution in [0.1, 0.15) is 23.0 Å². The highest BCUT2D eigenvalue weighted by molar-refractivity contribution is 6.31. The average molecular weight is 345 g/mol. The van der Waals surface area contributed by atoms with Gasteiger partial charge in [0.25, 0.3) is 0 Å². The summed E-state index contributed by atoms with van der Waals surface area (Å²) in [5, 5.41) is 20.0. The highest BCUT2D eigenvalue weighted by Crippen LogP contribution is 2.32. The van der Waals surface area contributed by atoms with Crippen LogP contribution in [0.25, 0.3) is 22.4 Å². The van der Waals surface area contributed by atoms with Gasteiger partial charge >= 0.3 is 5.97 Å². The van der Waals surface area contributed by atoms with Crippen LogP contribution in [0.3, 0.4) is 0 Å². The molecule has 0 radical (unpaired) electrons. The molecule has 2 heterocycles. The van der Waals surface area contributed by atoms with Crippen LogP contribution < -0.4 is 5.32 Å². The standard InChI is InChI=1S/C17H17ClN4O2/c1-2-19-7-11-4-3-10(5-14(11)18)13-9-21-22-16(13)12-6-15(17(23)24)20-8-12/h3-6,8-9,19-20H,2,7H2,1H3,(H,21,22)(H,23,24). The molecule has 0 aliphatic carbocycles. The molecule has 0 saturated carbocycles. The molecule has 0 aliphatic rings. The third kappa shape index (κ3) is 3.20. The number of carbonyl (C=O) groups is 1. The number of nitrogens with one attached hydrogen (secondary N) is 3. The Morgan fingerprint density at radius 1 is 1.29 bits per heavy atom. The van der Waals surface area contributed by atoms with Gasteiger partial charge in [-0.25, -0.2) is 4.79 Å². The Bertz CT molecular complexity index is 869. The number of hydrogen-bond donors (Lipinski definition) is 4. The van der Waals surface area contributed by atoms with Crippen molar-refractivity contribution in [3.8, 4) is 22.4 Å². The molecule has 3 rings (SSSR count). The molecule has 1 aromatic carbocycles. The summed E-state index contributed by atoms with van der Waals surface area (Å²) in [6.07, 6.45) is 3.41. The number of carboxylic acids is 1. The number of aromatic carboxylic acids is 1. The number of rotatable bonds is 6. The molecule has 4 N–H and O–H groups in total. The molecule has 6 nitrogen and oxygen atoms in total. The minimum Gasteiger partial charge on any atom is -0.477 e. The van der Waals surface area contributed by atoms with E-state index < -0.39 is 5.97 Å². The van der Waals surface area contributed by atoms with Crippen molar-refractivity contribution >= 4 is 17.6 Å². The Morgan fingerprint density at radius 3 is 2.79 bits per heavy atom. The second kappa shape index (κ2) is 6.90. The topological polar surface area (TPSA) is 93.8 Å². The smallest absolute Gasteiger partial charge is 0.352 e. The molecule has 24 heavy (non-hydrogen) atoms. The zero-order valence-corrected chi connectivity index (χ0v) is 13.8. The van der Waals surface area contributed by atoms with Crippen molar-refractivity contribution in [2.45, 2.75) is 13.5 Å². The molecule has 0 spiro atoms. The summed E-state index contributed by atoms with van der Waals surface area (Å²) >= 11 is 6.37. The van der Waals surface area contributed by atoms with Crippen molar-refractivity contribution in [2.24, 2.45) is 0 Å². The van der Waals surface area contributed by atoms with Crippen LogP contribution >= 0.6 is 11.6 Å². The van der Waals surface area contributed by atoms with E-state index in [0.717, 1.165) is 23.2 Å². The van der Waals surface area contributed by atoms with E-state index in [-0.39, 0.29) is 5.69 Å². The quantitative estimate of drug-likeness (QED) is 0.550. The molecule has 7 heteroatoms. The van der Waals surface area contributed by atoms with Crippen LogP contribution in [0.5, 0.6) is 0 Å². The van der Waals surface area contributed by atoms with Crippen molar-refractivity contribution in [2.75, 3.05) is 6.54 Å². The molecule has 0 atom stereocenters. The number of carboxylic acid groups (broad SMARTS) is 1. The molecular formula is C17H17ClN4O2. The zero-order chi connectivity index (χ0) is 17.1. The van der Waals surface area contributed by atoms with Crippen LogP contribution in [-0.2, 0) is 6.54 Å². The van der Waals surface area contributed by atoms with E-state index in [1.807, 2.05) is 25.1 Å². The van der Waals surface area contributed by atoms with Crippen molar-refractivity contribution < 1.29 is 9.90 Å². The Morgan fingerprint density at radius 2 is 2.12 bits per heavy atom. The maximum Gasteiger partial charge on any atom is 0.352 e. The highest BCUT2D eigenvalue weighted by atomic mass is 35.5. The predicted octanol–water partition coefficient (Wildman–Crippen LogP) is 3.53. The Labute approximate surface area is 143 Å². The fourth-order valence-corrected chi connectivity index (χ4v) is 2.75. The van der Waals surface area contributed by atoms with E-state index in [9.17, 15) is 4.79 Å². The van der Waals surface area contributed by atoms with Crippen LogP contribution in [0.4, 0.5) is 0 Å². The summed E-state index contributed by atoms with van der Waals surface area (Å²) in [5.74, 6) is -1.01. The lowest BCUT2D eigenvalue weighted by atomic mass is 10.0. The van der Waals surface area contributed by atoms with Crippen LogP contribution in [-0.4, -0.2) is 32.8 Å². The summed E-state index contributed by atoms with van der Waals surface area (Å²) in [6.45, 7) is 3.64. The largest absolute Gasteiger partial charge is 0.477 e. The summed E-state index contributed by atoms with van der Waals surface area (Å²) in [4.78, 5) is 13.8. The first-order valence-electron chi connectivity index (χ1n) is 7.55. The number of H-pyrrole nitrogens is 2. The van der Waals surface area contributed by atoms with Crippen LogP contribution in [0.2, 0.25) is 5.02 Å². The van der Waals surface area contributed by atoms with E-state index in [2.05, 4.69) is 20.5 Å². The molecule has 0 fully saturated rings. The third-order valence-electron chi connectivity index (χ3n) is 3.76. The van der Waals surface area contributed by atoms with Gasteiger partial charge in [-0.05, 0) is 29.8 Å². The zero-order valence-electron chi connectivity index (χ0n) is 13.1. The van der Waals surface area contributed by atoms with Gasteiger partial charge in [0.15, 0.2) is 0 Å². The van der Waals surface area contributed by atoms with E-state index in [4.69, 9.17) is 16.7 Å². The number of benzene rings is 1. The van der Waals surface area contributed by atoms with Gasteiger partial charge in [-0.2, -0.15) is 5.10 Å². The predicted molar refractivity (Wildman–Crippen MR) is 93.2 cm³/mol. The Hall–Kier alpha value is -2.57. The monoisotopic (exact) mass is 344 g/mol. The second-order valence-corrected chi connectivity index (χ2v) is 5.75. The normalized spacial score (nSPS) is 10.9. The maximum absolute atomic E-state index is 11.0. The van der Waals surface area contributed by atoms with Gasteiger partial charge in [0.1, 0.15) is 11.4 Å². The van der Waals surface area contributed by atoms with E-state index in [1.165, 1.54) is 0 Å². The van der Waals surface area contributed by atoms with E-state index in [1.54, 1.807) is 18.5 Å². The van der Waals surface area contributed by atoms with Crippen molar-refractivity contribution in [1.82, 2.24) is 20.5 Å². The lowest BCUT2D eigenvalue weighted by molar-refractivity contribution is 0.0691. The molecule has 124 valence electrons. The van der Waals surface area contributed by atoms with Crippen molar-refractivity contribution in [3.63, 3.8) is 0 Å². The number of nitrogens with zero attached hydrogens (tertiary/aromatic N) is 1. The summed E-state index contributed by atoms with van der Waals surface area (Å²) in [7, 11) is 0. The lowest BCUT2D eigenvalue weighted by Gasteiger charge is -2.08. The highest BCUT2D eigenvalue weighted by Gasteiger charge is 2.15. The molecule has 0 saturated heterocycles. The van der Waals surface area contributed by atoms with Crippen molar-refractivity contribution in [1.29, 1.82) is 0 Å². The fourth-order valence-electron chi connectivity index (χ4n) is 2.50. The molecular weight excluding hydrogens is 328 g/mol. The number of aromatic amines is 2. The average Bonchev–Trinajstić information content (AvgIpc) is 3.22. The Kier molecular flexibility index (Phi) is 4.69. The first-order valence-corrected chi connectivity index (χ1v) is 7.93. The molecule has 0 amide bonds. The minimum atomic E-state index is -1.01. The summed E-state index contributed by atoms with van der Waals surface area (Å²) < 4.78 is 0. The van der Waals surface area contributed by atoms with E-state index in [0.29, 0.717) is 22.8 Å². The van der Waals surface area contributed by atoms with Gasteiger partial charge in [0.2, 0.25) is 0 Å². The van der Waals surface area contributed by atoms with Gasteiger partial charge in [-0.3, -0.25) is 5.10 Å². The van der Waals surface area contributed by atoms with Gasteiger partial charge < -0.3 is 15.4 Å². The SMILES string of the molecule is CCNCc1ccc(-c2c[nH]nc2-c2c[nH]c(C(=O)O)c2)cc1Cl. The summed E-state index contributed by atoms with van der Waals surface area (Å²) in [5.41, 5.74) is 4.32. The first-order chi connectivity index (χ1) is 11.6. The molecule has 0 unspecified atom stereocenters. The maximum atomic E-state index is 11.0. The minimum absolute atomic E-state index is 0.123. The second-order valence-electron chi connectivity index (χ2n) is 5.34. The lowest BCUT2D eigenvalue weighted by Crippen LogP contribution is -2.11. The first kappa shape index (κ1) is 16.3. The van der Waals surface area contributed by atoms with Gasteiger partial charge in [0.05, 0.1) is 0 Å². The van der Waals surface area contributed by atoms with Gasteiger partial charge in [-0.1, -0.05) is 30.7 Å². The summed E-state index contributed by atoms with van der Waals surface area (Å²) in [6, 6.07) is 7.42. The fraction of sp³-hybridized carbons (Fsp3) is 0.176. The molecule has 0 bridgehead atoms. The van der Waals surface area contributed by atoms with Gasteiger partial charge in [0, 0.05) is 35.1 Å². The number of hydrogen-bond acceptors (Lipinski definition) is 3. The van der Waals surface area contributed by atoms with E-state index >= 15 is 0 Å². The number of aromatic nitrogens is 3.